The summed E-state index contributed by atoms with van der Waals surface area (Å²) in [6, 6.07) is 14.9. The van der Waals surface area contributed by atoms with Crippen LogP contribution in [0.15, 0.2) is 60.8 Å². The van der Waals surface area contributed by atoms with E-state index in [0.717, 1.165) is 23.4 Å². The Morgan fingerprint density at radius 1 is 0.939 bits per heavy atom. The van der Waals surface area contributed by atoms with Crippen LogP contribution >= 0.6 is 0 Å². The van der Waals surface area contributed by atoms with E-state index in [9.17, 15) is 22.8 Å². The number of halogens is 3. The van der Waals surface area contributed by atoms with Gasteiger partial charge in [-0.05, 0) is 48.2 Å². The van der Waals surface area contributed by atoms with Gasteiger partial charge in [0.25, 0.3) is 5.91 Å². The molecule has 1 aliphatic heterocycles. The predicted molar refractivity (Wildman–Crippen MR) is 117 cm³/mol. The van der Waals surface area contributed by atoms with Gasteiger partial charge in [0.05, 0.1) is 5.56 Å². The fraction of sp³-hybridized carbons (Fsp3) is 0.240. The second-order valence-corrected chi connectivity index (χ2v) is 8.27. The number of aromatic nitrogens is 1. The van der Waals surface area contributed by atoms with Gasteiger partial charge in [0.2, 0.25) is 0 Å². The molecule has 0 unspecified atom stereocenters. The van der Waals surface area contributed by atoms with Crippen LogP contribution in [0.3, 0.4) is 0 Å². The first kappa shape index (κ1) is 21.2. The standard InChI is InChI=1S/C25H20F3N3O2/c26-25(27,28)16-6-8-22(29-14-16)31-11-9-17(10-12-31)30-24(33)15-5-7-19-18-3-1-2-4-20(18)23(32)21(19)13-15/h1-8,13-14,17H,9-12H2,(H,30,33). The number of pyridine rings is 1. The van der Waals surface area contributed by atoms with Crippen LogP contribution < -0.4 is 10.2 Å². The largest absolute Gasteiger partial charge is 0.417 e. The second kappa shape index (κ2) is 8.03. The number of rotatable bonds is 3. The Bertz CT molecular complexity index is 1230. The molecule has 5 rings (SSSR count). The molecule has 168 valence electrons. The Morgan fingerprint density at radius 2 is 1.64 bits per heavy atom. The van der Waals surface area contributed by atoms with Crippen molar-refractivity contribution < 1.29 is 22.8 Å². The highest BCUT2D eigenvalue weighted by Crippen LogP contribution is 2.36. The van der Waals surface area contributed by atoms with Crippen molar-refractivity contribution in [3.05, 3.63) is 83.0 Å². The van der Waals surface area contributed by atoms with Gasteiger partial charge in [-0.2, -0.15) is 13.2 Å². The summed E-state index contributed by atoms with van der Waals surface area (Å²) >= 11 is 0. The minimum atomic E-state index is -4.41. The zero-order valence-electron chi connectivity index (χ0n) is 17.5. The predicted octanol–water partition coefficient (Wildman–Crippen LogP) is 4.71. The molecule has 2 aromatic carbocycles. The van der Waals surface area contributed by atoms with Crippen molar-refractivity contribution in [3.63, 3.8) is 0 Å². The monoisotopic (exact) mass is 451 g/mol. The van der Waals surface area contributed by atoms with Crippen LogP contribution in [0.25, 0.3) is 11.1 Å². The molecule has 8 heteroatoms. The summed E-state index contributed by atoms with van der Waals surface area (Å²) in [5, 5.41) is 3.02. The van der Waals surface area contributed by atoms with Crippen LogP contribution in [0, 0.1) is 0 Å². The van der Waals surface area contributed by atoms with Crippen LogP contribution in [-0.2, 0) is 6.18 Å². The molecule has 0 bridgehead atoms. The number of alkyl halides is 3. The quantitative estimate of drug-likeness (QED) is 0.490. The number of carbonyl (C=O) groups is 2. The SMILES string of the molecule is O=C(NC1CCN(c2ccc(C(F)(F)F)cn2)CC1)c1ccc2c(c1)C(=O)c1ccccc1-2. The highest BCUT2D eigenvalue weighted by Gasteiger charge is 2.31. The lowest BCUT2D eigenvalue weighted by molar-refractivity contribution is -0.137. The first-order valence-electron chi connectivity index (χ1n) is 10.7. The van der Waals surface area contributed by atoms with Gasteiger partial charge in [-0.1, -0.05) is 30.3 Å². The maximum atomic E-state index is 12.8. The molecule has 0 radical (unpaired) electrons. The van der Waals surface area contributed by atoms with E-state index in [-0.39, 0.29) is 17.7 Å². The molecule has 1 fully saturated rings. The fourth-order valence-electron chi connectivity index (χ4n) is 4.43. The van der Waals surface area contributed by atoms with Crippen molar-refractivity contribution in [2.75, 3.05) is 18.0 Å². The van der Waals surface area contributed by atoms with E-state index in [4.69, 9.17) is 0 Å². The normalized spacial score (nSPS) is 15.8. The Hall–Kier alpha value is -3.68. The highest BCUT2D eigenvalue weighted by molar-refractivity contribution is 6.22. The number of ketones is 1. The molecular formula is C25H20F3N3O2. The van der Waals surface area contributed by atoms with Gasteiger partial charge in [-0.15, -0.1) is 0 Å². The summed E-state index contributed by atoms with van der Waals surface area (Å²) in [6.45, 7) is 1.14. The topological polar surface area (TPSA) is 62.3 Å². The first-order valence-corrected chi connectivity index (χ1v) is 10.7. The van der Waals surface area contributed by atoms with Gasteiger partial charge in [-0.25, -0.2) is 4.98 Å². The number of fused-ring (bicyclic) bond motifs is 3. The van der Waals surface area contributed by atoms with Crippen molar-refractivity contribution in [2.24, 2.45) is 0 Å². The molecule has 2 heterocycles. The number of hydrogen-bond acceptors (Lipinski definition) is 4. The van der Waals surface area contributed by atoms with Crippen LogP contribution in [0.2, 0.25) is 0 Å². The van der Waals surface area contributed by atoms with E-state index in [1.165, 1.54) is 6.07 Å². The number of carbonyl (C=O) groups excluding carboxylic acids is 2. The Morgan fingerprint density at radius 3 is 2.30 bits per heavy atom. The van der Waals surface area contributed by atoms with E-state index in [0.29, 0.717) is 48.4 Å². The van der Waals surface area contributed by atoms with E-state index in [1.54, 1.807) is 18.2 Å². The molecule has 33 heavy (non-hydrogen) atoms. The second-order valence-electron chi connectivity index (χ2n) is 8.27. The smallest absolute Gasteiger partial charge is 0.356 e. The van der Waals surface area contributed by atoms with E-state index in [1.807, 2.05) is 29.2 Å². The maximum Gasteiger partial charge on any atom is 0.417 e. The summed E-state index contributed by atoms with van der Waals surface area (Å²) in [4.78, 5) is 31.4. The number of hydrogen-bond donors (Lipinski definition) is 1. The zero-order chi connectivity index (χ0) is 23.2. The van der Waals surface area contributed by atoms with Gasteiger partial charge in [0.15, 0.2) is 5.78 Å². The third-order valence-corrected chi connectivity index (χ3v) is 6.22. The van der Waals surface area contributed by atoms with Crippen LogP contribution in [-0.4, -0.2) is 35.8 Å². The number of nitrogens with zero attached hydrogens (tertiary/aromatic N) is 2. The first-order chi connectivity index (χ1) is 15.8. The summed E-state index contributed by atoms with van der Waals surface area (Å²) < 4.78 is 38.2. The average molecular weight is 451 g/mol. The van der Waals surface area contributed by atoms with Crippen molar-refractivity contribution in [1.29, 1.82) is 0 Å². The molecule has 0 saturated carbocycles. The third kappa shape index (κ3) is 3.97. The molecule has 1 aliphatic carbocycles. The molecule has 0 spiro atoms. The lowest BCUT2D eigenvalue weighted by Crippen LogP contribution is -2.45. The maximum absolute atomic E-state index is 12.8. The molecule has 1 aromatic heterocycles. The average Bonchev–Trinajstić information content (AvgIpc) is 3.11. The van der Waals surface area contributed by atoms with Gasteiger partial charge < -0.3 is 10.2 Å². The molecule has 1 amide bonds. The summed E-state index contributed by atoms with van der Waals surface area (Å²) in [5.74, 6) is 0.171. The van der Waals surface area contributed by atoms with Gasteiger partial charge >= 0.3 is 6.18 Å². The van der Waals surface area contributed by atoms with Crippen molar-refractivity contribution >= 4 is 17.5 Å². The fourth-order valence-corrected chi connectivity index (χ4v) is 4.43. The van der Waals surface area contributed by atoms with Crippen molar-refractivity contribution in [2.45, 2.75) is 25.1 Å². The van der Waals surface area contributed by atoms with Gasteiger partial charge in [-0.3, -0.25) is 9.59 Å². The van der Waals surface area contributed by atoms with E-state index < -0.39 is 11.7 Å². The van der Waals surface area contributed by atoms with Crippen LogP contribution in [0.1, 0.15) is 44.7 Å². The van der Waals surface area contributed by atoms with Crippen molar-refractivity contribution in [1.82, 2.24) is 10.3 Å². The summed E-state index contributed by atoms with van der Waals surface area (Å²) in [5.41, 5.74) is 2.56. The van der Waals surface area contributed by atoms with Crippen LogP contribution in [0.5, 0.6) is 0 Å². The minimum absolute atomic E-state index is 0.0654. The van der Waals surface area contributed by atoms with E-state index >= 15 is 0 Å². The third-order valence-electron chi connectivity index (χ3n) is 6.22. The lowest BCUT2D eigenvalue weighted by atomic mass is 10.0. The molecule has 3 aromatic rings. The highest BCUT2D eigenvalue weighted by atomic mass is 19.4. The Kier molecular flexibility index (Phi) is 5.15. The zero-order valence-corrected chi connectivity index (χ0v) is 17.5. The number of anilines is 1. The molecule has 5 nitrogen and oxygen atoms in total. The summed E-state index contributed by atoms with van der Waals surface area (Å²) in [6.07, 6.45) is -2.28. The van der Waals surface area contributed by atoms with Gasteiger partial charge in [0.1, 0.15) is 5.82 Å². The van der Waals surface area contributed by atoms with E-state index in [2.05, 4.69) is 10.3 Å². The van der Waals surface area contributed by atoms with Crippen molar-refractivity contribution in [3.8, 4) is 11.1 Å². The Balaban J connectivity index is 1.21. The molecule has 0 atom stereocenters. The number of amides is 1. The number of piperidine rings is 1. The lowest BCUT2D eigenvalue weighted by Gasteiger charge is -2.33. The molecular weight excluding hydrogens is 431 g/mol. The molecule has 2 aliphatic rings. The number of nitrogens with one attached hydrogen (secondary N) is 1. The molecule has 1 saturated heterocycles. The molecule has 1 N–H and O–H groups in total. The van der Waals surface area contributed by atoms with Crippen LogP contribution in [0.4, 0.5) is 19.0 Å². The Labute approximate surface area is 188 Å². The summed E-state index contributed by atoms with van der Waals surface area (Å²) in [7, 11) is 0. The van der Waals surface area contributed by atoms with Gasteiger partial charge in [0, 0.05) is 42.0 Å². The number of benzene rings is 2. The minimum Gasteiger partial charge on any atom is -0.356 e.